The van der Waals surface area contributed by atoms with Gasteiger partial charge in [-0.3, -0.25) is 0 Å². The predicted octanol–water partition coefficient (Wildman–Crippen LogP) is 3.64. The molecule has 0 aliphatic heterocycles. The second-order valence-corrected chi connectivity index (χ2v) is 3.80. The lowest BCUT2D eigenvalue weighted by molar-refractivity contribution is 0.0735. The highest BCUT2D eigenvalue weighted by molar-refractivity contribution is 6.17. The third kappa shape index (κ3) is 3.08. The van der Waals surface area contributed by atoms with Gasteiger partial charge in [-0.15, -0.1) is 11.6 Å². The summed E-state index contributed by atoms with van der Waals surface area (Å²) >= 11 is 5.67. The summed E-state index contributed by atoms with van der Waals surface area (Å²) in [6, 6.07) is 16.0. The molecule has 0 fully saturated rings. The van der Waals surface area contributed by atoms with Crippen molar-refractivity contribution < 1.29 is 9.53 Å². The number of halogens is 1. The lowest BCUT2D eigenvalue weighted by Gasteiger charge is -2.04. The fourth-order valence-corrected chi connectivity index (χ4v) is 1.56. The molecule has 2 aromatic carbocycles. The molecule has 0 saturated heterocycles. The van der Waals surface area contributed by atoms with Gasteiger partial charge >= 0.3 is 5.97 Å². The molecule has 2 rings (SSSR count). The molecule has 0 unspecified atom stereocenters. The van der Waals surface area contributed by atoms with E-state index in [1.54, 1.807) is 24.3 Å². The summed E-state index contributed by atoms with van der Waals surface area (Å²) in [5.74, 6) is 0.616. The summed E-state index contributed by atoms with van der Waals surface area (Å²) in [4.78, 5) is 11.8. The van der Waals surface area contributed by atoms with Crippen LogP contribution in [-0.4, -0.2) is 5.97 Å². The first kappa shape index (κ1) is 11.7. The molecule has 0 N–H and O–H groups in total. The summed E-state index contributed by atoms with van der Waals surface area (Å²) in [6.45, 7) is 0. The standard InChI is InChI=1S/C14H11ClO2/c15-10-11-6-8-12(9-7-11)14(16)17-13-4-2-1-3-5-13/h1-9H,10H2. The average Bonchev–Trinajstić information content (AvgIpc) is 2.40. The fraction of sp³-hybridized carbons (Fsp3) is 0.0714. The maximum absolute atomic E-state index is 11.8. The minimum atomic E-state index is -0.364. The van der Waals surface area contributed by atoms with E-state index in [0.717, 1.165) is 5.56 Å². The Morgan fingerprint density at radius 3 is 2.24 bits per heavy atom. The fourth-order valence-electron chi connectivity index (χ4n) is 1.38. The highest BCUT2D eigenvalue weighted by Crippen LogP contribution is 2.13. The van der Waals surface area contributed by atoms with Crippen LogP contribution in [0.15, 0.2) is 54.6 Å². The summed E-state index contributed by atoms with van der Waals surface area (Å²) in [5.41, 5.74) is 1.49. The Morgan fingerprint density at radius 2 is 1.65 bits per heavy atom. The van der Waals surface area contributed by atoms with Gasteiger partial charge in [-0.25, -0.2) is 4.79 Å². The molecule has 0 spiro atoms. The molecule has 0 aromatic heterocycles. The first-order chi connectivity index (χ1) is 8.29. The highest BCUT2D eigenvalue weighted by Gasteiger charge is 2.07. The van der Waals surface area contributed by atoms with Crippen LogP contribution in [0.2, 0.25) is 0 Å². The van der Waals surface area contributed by atoms with E-state index in [1.165, 1.54) is 0 Å². The summed E-state index contributed by atoms with van der Waals surface area (Å²) < 4.78 is 5.20. The van der Waals surface area contributed by atoms with Crippen molar-refractivity contribution in [3.05, 3.63) is 65.7 Å². The second-order valence-electron chi connectivity index (χ2n) is 3.53. The number of esters is 1. The van der Waals surface area contributed by atoms with Crippen LogP contribution in [0, 0.1) is 0 Å². The molecular formula is C14H11ClO2. The molecule has 0 bridgehead atoms. The zero-order valence-electron chi connectivity index (χ0n) is 9.10. The third-order valence-corrected chi connectivity index (χ3v) is 2.61. The number of hydrogen-bond acceptors (Lipinski definition) is 2. The molecular weight excluding hydrogens is 236 g/mol. The molecule has 0 aliphatic rings. The SMILES string of the molecule is O=C(Oc1ccccc1)c1ccc(CCl)cc1. The molecule has 0 aliphatic carbocycles. The molecule has 0 amide bonds. The molecule has 2 aromatic rings. The monoisotopic (exact) mass is 246 g/mol. The first-order valence-corrected chi connectivity index (χ1v) is 5.75. The van der Waals surface area contributed by atoms with Gasteiger partial charge in [-0.2, -0.15) is 0 Å². The van der Waals surface area contributed by atoms with E-state index in [-0.39, 0.29) is 5.97 Å². The van der Waals surface area contributed by atoms with Gasteiger partial charge in [0, 0.05) is 5.88 Å². The maximum Gasteiger partial charge on any atom is 0.343 e. The lowest BCUT2D eigenvalue weighted by Crippen LogP contribution is -2.08. The van der Waals surface area contributed by atoms with Gasteiger partial charge in [0.1, 0.15) is 5.75 Å². The van der Waals surface area contributed by atoms with E-state index in [0.29, 0.717) is 17.2 Å². The number of para-hydroxylation sites is 1. The van der Waals surface area contributed by atoms with Crippen LogP contribution in [0.1, 0.15) is 15.9 Å². The number of carbonyl (C=O) groups is 1. The molecule has 0 saturated carbocycles. The summed E-state index contributed by atoms with van der Waals surface area (Å²) in [7, 11) is 0. The lowest BCUT2D eigenvalue weighted by atomic mass is 10.1. The molecule has 3 heteroatoms. The van der Waals surface area contributed by atoms with Crippen molar-refractivity contribution in [2.24, 2.45) is 0 Å². The van der Waals surface area contributed by atoms with Crippen LogP contribution in [0.4, 0.5) is 0 Å². The van der Waals surface area contributed by atoms with E-state index in [4.69, 9.17) is 16.3 Å². The predicted molar refractivity (Wildman–Crippen MR) is 67.4 cm³/mol. The smallest absolute Gasteiger partial charge is 0.343 e. The first-order valence-electron chi connectivity index (χ1n) is 5.22. The third-order valence-electron chi connectivity index (χ3n) is 2.30. The Labute approximate surface area is 105 Å². The maximum atomic E-state index is 11.8. The van der Waals surface area contributed by atoms with Gasteiger partial charge in [0.25, 0.3) is 0 Å². The Hall–Kier alpha value is -1.80. The van der Waals surface area contributed by atoms with Gasteiger partial charge in [0.05, 0.1) is 5.56 Å². The highest BCUT2D eigenvalue weighted by atomic mass is 35.5. The molecule has 0 radical (unpaired) electrons. The van der Waals surface area contributed by atoms with Crippen molar-refractivity contribution in [2.75, 3.05) is 0 Å². The van der Waals surface area contributed by atoms with Crippen LogP contribution in [0.3, 0.4) is 0 Å². The van der Waals surface area contributed by atoms with E-state index < -0.39 is 0 Å². The largest absolute Gasteiger partial charge is 0.423 e. The van der Waals surface area contributed by atoms with E-state index in [2.05, 4.69) is 0 Å². The molecule has 0 heterocycles. The topological polar surface area (TPSA) is 26.3 Å². The quantitative estimate of drug-likeness (QED) is 0.470. The van der Waals surface area contributed by atoms with E-state index in [9.17, 15) is 4.79 Å². The van der Waals surface area contributed by atoms with Crippen molar-refractivity contribution in [1.29, 1.82) is 0 Å². The number of benzene rings is 2. The minimum absolute atomic E-state index is 0.364. The van der Waals surface area contributed by atoms with Crippen molar-refractivity contribution in [2.45, 2.75) is 5.88 Å². The average molecular weight is 247 g/mol. The summed E-state index contributed by atoms with van der Waals surface area (Å²) in [6.07, 6.45) is 0. The number of rotatable bonds is 3. The van der Waals surface area contributed by atoms with Crippen LogP contribution in [-0.2, 0) is 5.88 Å². The zero-order valence-corrected chi connectivity index (χ0v) is 9.85. The van der Waals surface area contributed by atoms with Crippen molar-refractivity contribution >= 4 is 17.6 Å². The van der Waals surface area contributed by atoms with E-state index in [1.807, 2.05) is 30.3 Å². The Kier molecular flexibility index (Phi) is 3.78. The van der Waals surface area contributed by atoms with Crippen molar-refractivity contribution in [1.82, 2.24) is 0 Å². The molecule has 2 nitrogen and oxygen atoms in total. The van der Waals surface area contributed by atoms with Gasteiger partial charge in [-0.05, 0) is 29.8 Å². The number of carbonyl (C=O) groups excluding carboxylic acids is 1. The molecule has 0 atom stereocenters. The van der Waals surface area contributed by atoms with Crippen LogP contribution < -0.4 is 4.74 Å². The van der Waals surface area contributed by atoms with E-state index >= 15 is 0 Å². The van der Waals surface area contributed by atoms with Gasteiger partial charge in [0.15, 0.2) is 0 Å². The Bertz CT molecular complexity index is 491. The van der Waals surface area contributed by atoms with Gasteiger partial charge in [-0.1, -0.05) is 30.3 Å². The number of ether oxygens (including phenoxy) is 1. The van der Waals surface area contributed by atoms with Gasteiger partial charge in [0.2, 0.25) is 0 Å². The van der Waals surface area contributed by atoms with Gasteiger partial charge < -0.3 is 4.74 Å². The van der Waals surface area contributed by atoms with Crippen molar-refractivity contribution in [3.63, 3.8) is 0 Å². The second kappa shape index (κ2) is 5.51. The van der Waals surface area contributed by atoms with Crippen LogP contribution in [0.5, 0.6) is 5.75 Å². The zero-order chi connectivity index (χ0) is 12.1. The number of hydrogen-bond donors (Lipinski definition) is 0. The van der Waals surface area contributed by atoms with Crippen LogP contribution >= 0.6 is 11.6 Å². The summed E-state index contributed by atoms with van der Waals surface area (Å²) in [5, 5.41) is 0. The van der Waals surface area contributed by atoms with Crippen LogP contribution in [0.25, 0.3) is 0 Å². The Balaban J connectivity index is 2.09. The number of alkyl halides is 1. The molecule has 17 heavy (non-hydrogen) atoms. The Morgan fingerprint density at radius 1 is 1.00 bits per heavy atom. The molecule has 86 valence electrons. The normalized spacial score (nSPS) is 9.94. The van der Waals surface area contributed by atoms with Crippen molar-refractivity contribution in [3.8, 4) is 5.75 Å². The minimum Gasteiger partial charge on any atom is -0.423 e.